The van der Waals surface area contributed by atoms with E-state index in [0.29, 0.717) is 6.04 Å². The molecule has 2 unspecified atom stereocenters. The highest BCUT2D eigenvalue weighted by Gasteiger charge is 2.42. The van der Waals surface area contributed by atoms with E-state index in [1.807, 2.05) is 11.6 Å². The van der Waals surface area contributed by atoms with Gasteiger partial charge in [-0.3, -0.25) is 0 Å². The molecule has 1 N–H and O–H groups in total. The molecular formula is C14H22N2O2S. The molecule has 2 saturated heterocycles. The summed E-state index contributed by atoms with van der Waals surface area (Å²) in [4.78, 5) is 4.44. The molecule has 0 bridgehead atoms. The Kier molecular flexibility index (Phi) is 3.64. The first-order valence-electron chi connectivity index (χ1n) is 6.99. The fraction of sp³-hybridized carbons (Fsp3) is 0.786. The third-order valence-corrected chi connectivity index (χ3v) is 5.19. The lowest BCUT2D eigenvalue weighted by atomic mass is 9.88. The summed E-state index contributed by atoms with van der Waals surface area (Å²) in [5.74, 6) is 0. The smallest absolute Gasteiger partial charge is 0.112 e. The summed E-state index contributed by atoms with van der Waals surface area (Å²) in [6.45, 7) is 6.83. The first kappa shape index (κ1) is 13.5. The summed E-state index contributed by atoms with van der Waals surface area (Å²) in [6.07, 6.45) is 5.01. The Balaban J connectivity index is 1.66. The zero-order valence-electron chi connectivity index (χ0n) is 11.6. The minimum Gasteiger partial charge on any atom is -0.378 e. The Labute approximate surface area is 118 Å². The van der Waals surface area contributed by atoms with Crippen molar-refractivity contribution in [1.29, 1.82) is 0 Å². The number of aromatic nitrogens is 1. The molecule has 0 aliphatic carbocycles. The molecule has 5 heteroatoms. The molecule has 1 spiro atoms. The highest BCUT2D eigenvalue weighted by Crippen LogP contribution is 2.34. The van der Waals surface area contributed by atoms with Crippen molar-refractivity contribution in [3.63, 3.8) is 0 Å². The van der Waals surface area contributed by atoms with E-state index in [-0.39, 0.29) is 11.1 Å². The van der Waals surface area contributed by atoms with Gasteiger partial charge < -0.3 is 14.8 Å². The molecule has 2 aliphatic rings. The molecule has 4 nitrogen and oxygen atoms in total. The van der Waals surface area contributed by atoms with E-state index >= 15 is 0 Å². The van der Waals surface area contributed by atoms with E-state index in [4.69, 9.17) is 9.47 Å². The quantitative estimate of drug-likeness (QED) is 0.924. The molecule has 3 rings (SSSR count). The molecule has 1 aromatic heterocycles. The van der Waals surface area contributed by atoms with E-state index in [1.54, 1.807) is 11.3 Å². The lowest BCUT2D eigenvalue weighted by Crippen LogP contribution is -2.52. The van der Waals surface area contributed by atoms with Crippen molar-refractivity contribution in [2.45, 2.75) is 50.3 Å². The van der Waals surface area contributed by atoms with Crippen molar-refractivity contribution in [1.82, 2.24) is 10.3 Å². The van der Waals surface area contributed by atoms with E-state index < -0.39 is 0 Å². The zero-order chi connectivity index (χ0) is 13.3. The van der Waals surface area contributed by atoms with Gasteiger partial charge in [-0.15, -0.1) is 11.3 Å². The number of hydrogen-bond acceptors (Lipinski definition) is 5. The molecule has 0 aromatic carbocycles. The largest absolute Gasteiger partial charge is 0.378 e. The maximum Gasteiger partial charge on any atom is 0.112 e. The highest BCUT2D eigenvalue weighted by atomic mass is 32.1. The van der Waals surface area contributed by atoms with Crippen molar-refractivity contribution < 1.29 is 9.47 Å². The third kappa shape index (κ3) is 2.84. The first-order valence-corrected chi connectivity index (χ1v) is 7.87. The monoisotopic (exact) mass is 282 g/mol. The van der Waals surface area contributed by atoms with E-state index in [1.165, 1.54) is 0 Å². The van der Waals surface area contributed by atoms with Crippen LogP contribution in [0.3, 0.4) is 0 Å². The molecule has 0 radical (unpaired) electrons. The van der Waals surface area contributed by atoms with Crippen molar-refractivity contribution in [3.05, 3.63) is 16.6 Å². The van der Waals surface area contributed by atoms with Gasteiger partial charge in [0.05, 0.1) is 17.7 Å². The predicted octanol–water partition coefficient (Wildman–Crippen LogP) is 2.31. The third-order valence-electron chi connectivity index (χ3n) is 4.09. The Morgan fingerprint density at radius 2 is 2.37 bits per heavy atom. The molecule has 2 atom stereocenters. The maximum absolute atomic E-state index is 5.98. The number of hydrogen-bond donors (Lipinski definition) is 1. The van der Waals surface area contributed by atoms with Gasteiger partial charge in [-0.1, -0.05) is 0 Å². The van der Waals surface area contributed by atoms with Gasteiger partial charge in [0.1, 0.15) is 5.01 Å². The van der Waals surface area contributed by atoms with E-state index in [2.05, 4.69) is 24.1 Å². The second-order valence-electron chi connectivity index (χ2n) is 6.13. The summed E-state index contributed by atoms with van der Waals surface area (Å²) >= 11 is 1.71. The summed E-state index contributed by atoms with van der Waals surface area (Å²) in [6, 6.07) is 0.481. The van der Waals surface area contributed by atoms with E-state index in [9.17, 15) is 0 Å². The number of nitrogens with one attached hydrogen (secondary N) is 1. The molecule has 2 fully saturated rings. The molecule has 1 aromatic rings. The van der Waals surface area contributed by atoms with Crippen LogP contribution in [0.4, 0.5) is 0 Å². The number of nitrogens with zero attached hydrogens (tertiary/aromatic N) is 1. The van der Waals surface area contributed by atoms with Gasteiger partial charge in [-0.05, 0) is 26.7 Å². The molecule has 106 valence electrons. The second kappa shape index (κ2) is 5.13. The highest BCUT2D eigenvalue weighted by molar-refractivity contribution is 7.09. The van der Waals surface area contributed by atoms with Gasteiger partial charge in [0.15, 0.2) is 0 Å². The Morgan fingerprint density at radius 1 is 1.47 bits per heavy atom. The van der Waals surface area contributed by atoms with Crippen LogP contribution in [-0.4, -0.2) is 36.4 Å². The van der Waals surface area contributed by atoms with Crippen molar-refractivity contribution in [2.75, 3.05) is 19.8 Å². The fourth-order valence-electron chi connectivity index (χ4n) is 3.12. The van der Waals surface area contributed by atoms with Crippen LogP contribution in [0.2, 0.25) is 0 Å². The van der Waals surface area contributed by atoms with Crippen LogP contribution < -0.4 is 5.32 Å². The van der Waals surface area contributed by atoms with Crippen molar-refractivity contribution in [3.8, 4) is 0 Å². The second-order valence-corrected chi connectivity index (χ2v) is 7.02. The van der Waals surface area contributed by atoms with Crippen LogP contribution in [0.1, 0.15) is 38.1 Å². The van der Waals surface area contributed by atoms with Crippen LogP contribution in [0.15, 0.2) is 11.6 Å². The number of rotatable bonds is 3. The molecule has 0 amide bonds. The standard InChI is InChI=1S/C14H22N2O2S/c1-13(2,12-15-5-8-19-12)16-11-3-6-18-14(9-11)4-7-17-10-14/h5,8,11,16H,3-4,6-7,9-10H2,1-2H3. The molecule has 2 aliphatic heterocycles. The average Bonchev–Trinajstić information content (AvgIpc) is 3.00. The van der Waals surface area contributed by atoms with Gasteiger partial charge in [-0.25, -0.2) is 4.98 Å². The normalized spacial score (nSPS) is 32.0. The lowest BCUT2D eigenvalue weighted by molar-refractivity contribution is -0.0919. The average molecular weight is 282 g/mol. The van der Waals surface area contributed by atoms with Crippen LogP contribution in [0.5, 0.6) is 0 Å². The topological polar surface area (TPSA) is 43.4 Å². The Hall–Kier alpha value is -0.490. The van der Waals surface area contributed by atoms with Gasteiger partial charge in [0.2, 0.25) is 0 Å². The Morgan fingerprint density at radius 3 is 3.05 bits per heavy atom. The zero-order valence-corrected chi connectivity index (χ0v) is 12.5. The number of thiazole rings is 1. The van der Waals surface area contributed by atoms with Crippen molar-refractivity contribution >= 4 is 11.3 Å². The predicted molar refractivity (Wildman–Crippen MR) is 75.4 cm³/mol. The fourth-order valence-corrected chi connectivity index (χ4v) is 3.84. The molecule has 19 heavy (non-hydrogen) atoms. The van der Waals surface area contributed by atoms with Crippen molar-refractivity contribution in [2.24, 2.45) is 0 Å². The van der Waals surface area contributed by atoms with Crippen LogP contribution in [-0.2, 0) is 15.0 Å². The lowest BCUT2D eigenvalue weighted by Gasteiger charge is -2.40. The summed E-state index contributed by atoms with van der Waals surface area (Å²) in [7, 11) is 0. The number of ether oxygens (including phenoxy) is 2. The first-order chi connectivity index (χ1) is 9.10. The maximum atomic E-state index is 5.98. The minimum atomic E-state index is -0.0726. The summed E-state index contributed by atoms with van der Waals surface area (Å²) < 4.78 is 11.5. The minimum absolute atomic E-state index is 0.0329. The van der Waals surface area contributed by atoms with E-state index in [0.717, 1.165) is 44.1 Å². The van der Waals surface area contributed by atoms with Gasteiger partial charge in [0.25, 0.3) is 0 Å². The summed E-state index contributed by atoms with van der Waals surface area (Å²) in [5.41, 5.74) is -0.105. The molecule has 3 heterocycles. The molecular weight excluding hydrogens is 260 g/mol. The molecule has 0 saturated carbocycles. The Bertz CT molecular complexity index is 413. The van der Waals surface area contributed by atoms with Crippen LogP contribution in [0, 0.1) is 0 Å². The van der Waals surface area contributed by atoms with Gasteiger partial charge in [0, 0.05) is 37.3 Å². The van der Waals surface area contributed by atoms with Gasteiger partial charge >= 0.3 is 0 Å². The van der Waals surface area contributed by atoms with Gasteiger partial charge in [-0.2, -0.15) is 0 Å². The SMILES string of the molecule is CC(C)(NC1CCOC2(CCOC2)C1)c1nccs1. The summed E-state index contributed by atoms with van der Waals surface area (Å²) in [5, 5.41) is 6.95. The van der Waals surface area contributed by atoms with Crippen LogP contribution >= 0.6 is 11.3 Å². The van der Waals surface area contributed by atoms with Crippen LogP contribution in [0.25, 0.3) is 0 Å².